The van der Waals surface area contributed by atoms with Crippen molar-refractivity contribution in [3.8, 4) is 11.4 Å². The molecule has 6 nitrogen and oxygen atoms in total. The summed E-state index contributed by atoms with van der Waals surface area (Å²) < 4.78 is 6.89. The van der Waals surface area contributed by atoms with E-state index in [9.17, 15) is 9.59 Å². The van der Waals surface area contributed by atoms with E-state index in [-0.39, 0.29) is 23.3 Å². The number of carbonyl (C=O) groups excluding carboxylic acids is 1. The van der Waals surface area contributed by atoms with Crippen LogP contribution in [-0.4, -0.2) is 28.3 Å². The number of aromatic nitrogens is 2. The van der Waals surface area contributed by atoms with Crippen molar-refractivity contribution in [2.24, 2.45) is 5.92 Å². The van der Waals surface area contributed by atoms with E-state index >= 15 is 0 Å². The number of hydrogen-bond donors (Lipinski definition) is 1. The molecule has 1 aliphatic rings. The van der Waals surface area contributed by atoms with Crippen molar-refractivity contribution in [2.75, 3.05) is 12.9 Å². The molecule has 1 N–H and O–H groups in total. The van der Waals surface area contributed by atoms with E-state index in [1.807, 2.05) is 73.7 Å². The number of para-hydroxylation sites is 2. The molecule has 0 saturated heterocycles. The van der Waals surface area contributed by atoms with Crippen LogP contribution in [0.1, 0.15) is 30.0 Å². The number of carbonyl (C=O) groups is 1. The van der Waals surface area contributed by atoms with Crippen molar-refractivity contribution in [3.63, 3.8) is 0 Å². The molecule has 178 valence electrons. The van der Waals surface area contributed by atoms with Gasteiger partial charge in [-0.25, -0.2) is 4.98 Å². The molecule has 0 bridgehead atoms. The maximum absolute atomic E-state index is 13.5. The van der Waals surface area contributed by atoms with E-state index in [2.05, 4.69) is 5.32 Å². The van der Waals surface area contributed by atoms with E-state index in [0.717, 1.165) is 35.4 Å². The predicted molar refractivity (Wildman–Crippen MR) is 139 cm³/mol. The van der Waals surface area contributed by atoms with E-state index in [1.54, 1.807) is 17.7 Å². The zero-order valence-corrected chi connectivity index (χ0v) is 20.5. The number of nitrogens with zero attached hydrogens (tertiary/aromatic N) is 2. The van der Waals surface area contributed by atoms with Crippen LogP contribution in [0, 0.1) is 12.8 Å². The Morgan fingerprint density at radius 3 is 2.51 bits per heavy atom. The van der Waals surface area contributed by atoms with Crippen LogP contribution in [0.25, 0.3) is 16.6 Å². The van der Waals surface area contributed by atoms with Gasteiger partial charge in [-0.15, -0.1) is 0 Å². The van der Waals surface area contributed by atoms with Gasteiger partial charge in [-0.2, -0.15) is 0 Å². The Morgan fingerprint density at radius 1 is 1.09 bits per heavy atom. The Morgan fingerprint density at radius 2 is 1.80 bits per heavy atom. The van der Waals surface area contributed by atoms with Crippen LogP contribution < -0.4 is 15.6 Å². The van der Waals surface area contributed by atoms with Gasteiger partial charge >= 0.3 is 0 Å². The Bertz CT molecular complexity index is 1430. The van der Waals surface area contributed by atoms with Gasteiger partial charge in [-0.05, 0) is 67.1 Å². The van der Waals surface area contributed by atoms with E-state index in [0.29, 0.717) is 22.0 Å². The standard InChI is InChI=1S/C28H27N3O3S/c1-18-7-3-6-10-24(18)31-27(33)22-8-4-5-9-23(22)29-28(31)35-17-25(32)30-26(19-11-12-19)20-13-15-21(34-2)16-14-20/h3-10,13-16,19,26H,11-12,17H2,1-2H3,(H,30,32). The average Bonchev–Trinajstić information content (AvgIpc) is 3.72. The van der Waals surface area contributed by atoms with E-state index in [1.165, 1.54) is 11.8 Å². The van der Waals surface area contributed by atoms with Crippen LogP contribution >= 0.6 is 11.8 Å². The minimum atomic E-state index is -0.137. The summed E-state index contributed by atoms with van der Waals surface area (Å²) in [6.07, 6.45) is 2.20. The number of ether oxygens (including phenoxy) is 1. The van der Waals surface area contributed by atoms with Crippen molar-refractivity contribution >= 4 is 28.6 Å². The minimum absolute atomic E-state index is 0.0304. The first kappa shape index (κ1) is 23.2. The molecule has 1 amide bonds. The molecule has 0 radical (unpaired) electrons. The topological polar surface area (TPSA) is 73.2 Å². The van der Waals surface area contributed by atoms with Crippen LogP contribution in [0.3, 0.4) is 0 Å². The summed E-state index contributed by atoms with van der Waals surface area (Å²) >= 11 is 1.28. The first-order chi connectivity index (χ1) is 17.0. The lowest BCUT2D eigenvalue weighted by Gasteiger charge is -2.19. The summed E-state index contributed by atoms with van der Waals surface area (Å²) in [5, 5.41) is 4.27. The summed E-state index contributed by atoms with van der Waals surface area (Å²) in [6.45, 7) is 1.97. The molecule has 0 spiro atoms. The summed E-state index contributed by atoms with van der Waals surface area (Å²) in [6, 6.07) is 22.9. The highest BCUT2D eigenvalue weighted by atomic mass is 32.2. The maximum atomic E-state index is 13.5. The second kappa shape index (κ2) is 9.96. The fraction of sp³-hybridized carbons (Fsp3) is 0.250. The van der Waals surface area contributed by atoms with Crippen molar-refractivity contribution in [1.29, 1.82) is 0 Å². The van der Waals surface area contributed by atoms with Gasteiger partial charge < -0.3 is 10.1 Å². The number of fused-ring (bicyclic) bond motifs is 1. The third-order valence-electron chi connectivity index (χ3n) is 6.32. The Balaban J connectivity index is 1.41. The number of hydrogen-bond acceptors (Lipinski definition) is 5. The number of methoxy groups -OCH3 is 1. The monoisotopic (exact) mass is 485 g/mol. The Kier molecular flexibility index (Phi) is 6.59. The van der Waals surface area contributed by atoms with Gasteiger partial charge in [-0.1, -0.05) is 54.2 Å². The molecule has 4 aromatic rings. The largest absolute Gasteiger partial charge is 0.497 e. The molecule has 1 aliphatic carbocycles. The van der Waals surface area contributed by atoms with Crippen LogP contribution in [0.5, 0.6) is 5.75 Å². The van der Waals surface area contributed by atoms with Crippen molar-refractivity contribution in [1.82, 2.24) is 14.9 Å². The van der Waals surface area contributed by atoms with Gasteiger partial charge in [0, 0.05) is 0 Å². The maximum Gasteiger partial charge on any atom is 0.266 e. The molecule has 1 aromatic heterocycles. The second-order valence-electron chi connectivity index (χ2n) is 8.78. The smallest absolute Gasteiger partial charge is 0.266 e. The fourth-order valence-corrected chi connectivity index (χ4v) is 5.11. The molecular formula is C28H27N3O3S. The van der Waals surface area contributed by atoms with Crippen molar-refractivity contribution in [3.05, 3.63) is 94.3 Å². The quantitative estimate of drug-likeness (QED) is 0.279. The van der Waals surface area contributed by atoms with Gasteiger partial charge in [0.05, 0.1) is 35.5 Å². The van der Waals surface area contributed by atoms with E-state index < -0.39 is 0 Å². The summed E-state index contributed by atoms with van der Waals surface area (Å²) in [5.74, 6) is 1.32. The third kappa shape index (κ3) is 4.95. The highest BCUT2D eigenvalue weighted by Crippen LogP contribution is 2.41. The molecule has 3 aromatic carbocycles. The molecule has 0 aliphatic heterocycles. The number of aryl methyl sites for hydroxylation is 1. The lowest BCUT2D eigenvalue weighted by Crippen LogP contribution is -2.31. The minimum Gasteiger partial charge on any atom is -0.497 e. The third-order valence-corrected chi connectivity index (χ3v) is 7.26. The second-order valence-corrected chi connectivity index (χ2v) is 9.73. The van der Waals surface area contributed by atoms with E-state index in [4.69, 9.17) is 9.72 Å². The van der Waals surface area contributed by atoms with Crippen molar-refractivity contribution < 1.29 is 9.53 Å². The van der Waals surface area contributed by atoms with Gasteiger partial charge in [0.2, 0.25) is 5.91 Å². The van der Waals surface area contributed by atoms with Crippen LogP contribution in [-0.2, 0) is 4.79 Å². The van der Waals surface area contributed by atoms with Crippen LogP contribution in [0.2, 0.25) is 0 Å². The summed E-state index contributed by atoms with van der Waals surface area (Å²) in [5.41, 5.74) is 3.30. The SMILES string of the molecule is COc1ccc(C(NC(=O)CSc2nc3ccccc3c(=O)n2-c2ccccc2C)C2CC2)cc1. The molecular weight excluding hydrogens is 458 g/mol. The molecule has 1 unspecified atom stereocenters. The zero-order chi connectivity index (χ0) is 24.4. The molecule has 1 saturated carbocycles. The Hall–Kier alpha value is -3.58. The molecule has 1 heterocycles. The summed E-state index contributed by atoms with van der Waals surface area (Å²) in [7, 11) is 1.64. The van der Waals surface area contributed by atoms with Gasteiger partial charge in [0.1, 0.15) is 5.75 Å². The van der Waals surface area contributed by atoms with Gasteiger partial charge in [-0.3, -0.25) is 14.2 Å². The molecule has 5 rings (SSSR count). The summed E-state index contributed by atoms with van der Waals surface area (Å²) in [4.78, 5) is 31.3. The van der Waals surface area contributed by atoms with Crippen molar-refractivity contribution in [2.45, 2.75) is 31.0 Å². The Labute approximate surface area is 208 Å². The number of benzene rings is 3. The van der Waals surface area contributed by atoms with Gasteiger partial charge in [0.25, 0.3) is 5.56 Å². The number of thioether (sulfide) groups is 1. The highest BCUT2D eigenvalue weighted by Gasteiger charge is 2.33. The molecule has 35 heavy (non-hydrogen) atoms. The van der Waals surface area contributed by atoms with Gasteiger partial charge in [0.15, 0.2) is 5.16 Å². The molecule has 1 atom stereocenters. The van der Waals surface area contributed by atoms with Crippen LogP contribution in [0.4, 0.5) is 0 Å². The van der Waals surface area contributed by atoms with Crippen LogP contribution in [0.15, 0.2) is 82.7 Å². The first-order valence-electron chi connectivity index (χ1n) is 11.7. The lowest BCUT2D eigenvalue weighted by atomic mass is 10.0. The predicted octanol–water partition coefficient (Wildman–Crippen LogP) is 5.06. The number of nitrogens with one attached hydrogen (secondary N) is 1. The lowest BCUT2D eigenvalue weighted by molar-refractivity contribution is -0.119. The fourth-order valence-electron chi connectivity index (χ4n) is 4.30. The molecule has 1 fully saturated rings. The average molecular weight is 486 g/mol. The number of rotatable bonds is 8. The number of amides is 1. The first-order valence-corrected chi connectivity index (χ1v) is 12.7. The zero-order valence-electron chi connectivity index (χ0n) is 19.7. The normalized spacial score (nSPS) is 14.0. The highest BCUT2D eigenvalue weighted by molar-refractivity contribution is 7.99. The molecule has 7 heteroatoms.